The molecule has 1 unspecified atom stereocenters. The molecule has 0 bridgehead atoms. The molecule has 0 aliphatic rings. The van der Waals surface area contributed by atoms with Crippen molar-refractivity contribution in [1.82, 2.24) is 0 Å². The molecule has 0 amide bonds. The van der Waals surface area contributed by atoms with Crippen molar-refractivity contribution < 1.29 is 28.6 Å². The van der Waals surface area contributed by atoms with Gasteiger partial charge < -0.3 is 14.2 Å². The van der Waals surface area contributed by atoms with Gasteiger partial charge in [-0.3, -0.25) is 14.4 Å². The van der Waals surface area contributed by atoms with Crippen molar-refractivity contribution in [2.24, 2.45) is 0 Å². The molecule has 6 nitrogen and oxygen atoms in total. The lowest BCUT2D eigenvalue weighted by atomic mass is 10.0. The van der Waals surface area contributed by atoms with E-state index in [1.807, 2.05) is 0 Å². The third kappa shape index (κ3) is 62.8. The van der Waals surface area contributed by atoms with Gasteiger partial charge in [-0.05, 0) is 103 Å². The van der Waals surface area contributed by atoms with E-state index in [-0.39, 0.29) is 31.1 Å². The van der Waals surface area contributed by atoms with Crippen molar-refractivity contribution in [3.05, 3.63) is 109 Å². The molecule has 0 spiro atoms. The standard InChI is InChI=1S/C71H120O6/c1-4-7-10-13-16-19-21-23-25-27-28-29-30-31-32-33-34-35-36-37-38-39-40-41-42-44-45-47-49-52-55-58-61-64-70(73)76-67-68(66-75-69(72)63-60-57-54-51-18-15-12-9-6-3)77-71(74)65-62-59-56-53-50-48-46-43-26-24-22-20-17-14-11-8-5-2/h7-8,10-11,16-17,19-20,23-26,28-29,31-32,46,48,68H,4-6,9,12-15,18,21-22,27,30,33-45,47,49-67H2,1-3H3/b10-7-,11-8-,19-16-,20-17-,25-23-,26-24-,29-28-,32-31-,48-46-. The highest BCUT2D eigenvalue weighted by Gasteiger charge is 2.19. The van der Waals surface area contributed by atoms with Gasteiger partial charge in [0.05, 0.1) is 0 Å². The second-order valence-corrected chi connectivity index (χ2v) is 21.3. The summed E-state index contributed by atoms with van der Waals surface area (Å²) in [5.41, 5.74) is 0. The Hall–Kier alpha value is -3.93. The van der Waals surface area contributed by atoms with Crippen molar-refractivity contribution in [3.63, 3.8) is 0 Å². The van der Waals surface area contributed by atoms with Gasteiger partial charge in [0.15, 0.2) is 6.10 Å². The summed E-state index contributed by atoms with van der Waals surface area (Å²) in [5, 5.41) is 0. The van der Waals surface area contributed by atoms with Crippen LogP contribution in [0.5, 0.6) is 0 Å². The molecule has 0 fully saturated rings. The first-order chi connectivity index (χ1) is 38.0. The molecule has 0 aromatic heterocycles. The molecule has 0 saturated carbocycles. The number of allylic oxidation sites excluding steroid dienone is 18. The summed E-state index contributed by atoms with van der Waals surface area (Å²) in [4.78, 5) is 38.1. The molecule has 0 radical (unpaired) electrons. The Bertz CT molecular complexity index is 1560. The summed E-state index contributed by atoms with van der Waals surface area (Å²) in [7, 11) is 0. The zero-order valence-corrected chi connectivity index (χ0v) is 50.4. The summed E-state index contributed by atoms with van der Waals surface area (Å²) >= 11 is 0. The van der Waals surface area contributed by atoms with E-state index in [1.165, 1.54) is 135 Å². The Labute approximate surface area is 476 Å². The van der Waals surface area contributed by atoms with Crippen molar-refractivity contribution in [2.75, 3.05) is 13.2 Å². The lowest BCUT2D eigenvalue weighted by molar-refractivity contribution is -0.167. The van der Waals surface area contributed by atoms with E-state index >= 15 is 0 Å². The number of carbonyl (C=O) groups excluding carboxylic acids is 3. The van der Waals surface area contributed by atoms with E-state index in [0.29, 0.717) is 19.3 Å². The highest BCUT2D eigenvalue weighted by Crippen LogP contribution is 2.17. The quantitative estimate of drug-likeness (QED) is 0.0261. The molecule has 440 valence electrons. The maximum atomic E-state index is 12.9. The predicted molar refractivity (Wildman–Crippen MR) is 334 cm³/mol. The van der Waals surface area contributed by atoms with Crippen LogP contribution in [0.2, 0.25) is 0 Å². The summed E-state index contributed by atoms with van der Waals surface area (Å²) in [6.07, 6.45) is 88.4. The fraction of sp³-hybridized carbons (Fsp3) is 0.704. The molecule has 1 atom stereocenters. The van der Waals surface area contributed by atoms with Crippen LogP contribution in [-0.4, -0.2) is 37.2 Å². The van der Waals surface area contributed by atoms with Crippen molar-refractivity contribution >= 4 is 17.9 Å². The Morgan fingerprint density at radius 3 is 0.792 bits per heavy atom. The first kappa shape index (κ1) is 73.1. The van der Waals surface area contributed by atoms with Gasteiger partial charge in [0.25, 0.3) is 0 Å². The highest BCUT2D eigenvalue weighted by molar-refractivity contribution is 5.71. The van der Waals surface area contributed by atoms with Gasteiger partial charge in [-0.2, -0.15) is 0 Å². The maximum Gasteiger partial charge on any atom is 0.306 e. The van der Waals surface area contributed by atoms with E-state index in [1.54, 1.807) is 0 Å². The molecule has 0 N–H and O–H groups in total. The average Bonchev–Trinajstić information content (AvgIpc) is 3.43. The fourth-order valence-corrected chi connectivity index (χ4v) is 8.99. The van der Waals surface area contributed by atoms with Crippen LogP contribution in [0.15, 0.2) is 109 Å². The first-order valence-corrected chi connectivity index (χ1v) is 32.4. The lowest BCUT2D eigenvalue weighted by Crippen LogP contribution is -2.30. The first-order valence-electron chi connectivity index (χ1n) is 32.4. The SMILES string of the molecule is CC/C=C\C/C=C\C/C=C\C/C=C\C/C=C\CCCCCCCCCCCCCCCCCCCC(=O)OCC(COC(=O)CCCCCCCCCCC)OC(=O)CCCCCC/C=C\C/C=C\C/C=C\C/C=C\CC. The minimum atomic E-state index is -0.788. The fourth-order valence-electron chi connectivity index (χ4n) is 8.99. The number of carbonyl (C=O) groups is 3. The molecule has 0 aromatic carbocycles. The van der Waals surface area contributed by atoms with Gasteiger partial charge in [0.2, 0.25) is 0 Å². The van der Waals surface area contributed by atoms with Crippen LogP contribution in [-0.2, 0) is 28.6 Å². The Kier molecular flexibility index (Phi) is 61.3. The normalized spacial score (nSPS) is 12.8. The van der Waals surface area contributed by atoms with Crippen LogP contribution in [0.1, 0.15) is 303 Å². The van der Waals surface area contributed by atoms with Gasteiger partial charge in [0, 0.05) is 19.3 Å². The zero-order chi connectivity index (χ0) is 55.7. The summed E-state index contributed by atoms with van der Waals surface area (Å²) in [5.74, 6) is -0.903. The molecule has 0 aliphatic carbocycles. The lowest BCUT2D eigenvalue weighted by Gasteiger charge is -2.18. The topological polar surface area (TPSA) is 78.9 Å². The van der Waals surface area contributed by atoms with Crippen molar-refractivity contribution in [2.45, 2.75) is 309 Å². The highest BCUT2D eigenvalue weighted by atomic mass is 16.6. The van der Waals surface area contributed by atoms with Crippen LogP contribution in [0.25, 0.3) is 0 Å². The van der Waals surface area contributed by atoms with Gasteiger partial charge in [0.1, 0.15) is 13.2 Å². The van der Waals surface area contributed by atoms with Gasteiger partial charge in [-0.25, -0.2) is 0 Å². The van der Waals surface area contributed by atoms with E-state index < -0.39 is 6.10 Å². The minimum Gasteiger partial charge on any atom is -0.462 e. The largest absolute Gasteiger partial charge is 0.462 e. The number of ether oxygens (including phenoxy) is 3. The van der Waals surface area contributed by atoms with Crippen molar-refractivity contribution in [1.29, 1.82) is 0 Å². The summed E-state index contributed by atoms with van der Waals surface area (Å²) in [6, 6.07) is 0. The van der Waals surface area contributed by atoms with Gasteiger partial charge in [-0.1, -0.05) is 291 Å². The van der Waals surface area contributed by atoms with E-state index in [0.717, 1.165) is 128 Å². The molecule has 0 rings (SSSR count). The van der Waals surface area contributed by atoms with Crippen LogP contribution < -0.4 is 0 Å². The molecular formula is C71H120O6. The monoisotopic (exact) mass is 1070 g/mol. The number of rotatable bonds is 58. The van der Waals surface area contributed by atoms with E-state index in [2.05, 4.69) is 130 Å². The Morgan fingerprint density at radius 2 is 0.506 bits per heavy atom. The van der Waals surface area contributed by atoms with Crippen LogP contribution in [0.3, 0.4) is 0 Å². The molecule has 0 aliphatic heterocycles. The molecular weight excluding hydrogens is 949 g/mol. The van der Waals surface area contributed by atoms with Gasteiger partial charge in [-0.15, -0.1) is 0 Å². The second kappa shape index (κ2) is 64.6. The molecule has 0 heterocycles. The van der Waals surface area contributed by atoms with Crippen LogP contribution in [0, 0.1) is 0 Å². The maximum absolute atomic E-state index is 12.9. The smallest absolute Gasteiger partial charge is 0.306 e. The number of hydrogen-bond donors (Lipinski definition) is 0. The van der Waals surface area contributed by atoms with Gasteiger partial charge >= 0.3 is 17.9 Å². The average molecular weight is 1070 g/mol. The summed E-state index contributed by atoms with van der Waals surface area (Å²) in [6.45, 7) is 6.39. The third-order valence-corrected chi connectivity index (χ3v) is 13.8. The predicted octanol–water partition coefficient (Wildman–Crippen LogP) is 22.2. The van der Waals surface area contributed by atoms with Crippen LogP contribution >= 0.6 is 0 Å². The summed E-state index contributed by atoms with van der Waals surface area (Å²) < 4.78 is 16.8. The van der Waals surface area contributed by atoms with Crippen LogP contribution in [0.4, 0.5) is 0 Å². The van der Waals surface area contributed by atoms with E-state index in [9.17, 15) is 14.4 Å². The van der Waals surface area contributed by atoms with Crippen molar-refractivity contribution in [3.8, 4) is 0 Å². The second-order valence-electron chi connectivity index (χ2n) is 21.3. The minimum absolute atomic E-state index is 0.0849. The number of hydrogen-bond acceptors (Lipinski definition) is 6. The third-order valence-electron chi connectivity index (χ3n) is 13.8. The molecule has 0 aromatic rings. The zero-order valence-electron chi connectivity index (χ0n) is 50.4. The number of esters is 3. The Balaban J connectivity index is 4.12. The number of unbranched alkanes of at least 4 members (excludes halogenated alkanes) is 29. The molecule has 77 heavy (non-hydrogen) atoms. The molecule has 6 heteroatoms. The Morgan fingerprint density at radius 1 is 0.273 bits per heavy atom. The molecule has 0 saturated heterocycles. The van der Waals surface area contributed by atoms with E-state index in [4.69, 9.17) is 14.2 Å².